The molecule has 2 N–H and O–H groups in total. The zero-order valence-corrected chi connectivity index (χ0v) is 11.8. The van der Waals surface area contributed by atoms with Gasteiger partial charge in [0.2, 0.25) is 16.0 Å². The van der Waals surface area contributed by atoms with Crippen molar-refractivity contribution >= 4 is 16.0 Å². The molecule has 8 heteroatoms. The lowest BCUT2D eigenvalue weighted by Gasteiger charge is -2.33. The van der Waals surface area contributed by atoms with E-state index in [4.69, 9.17) is 0 Å². The number of hydrogen-bond donors (Lipinski definition) is 2. The van der Waals surface area contributed by atoms with E-state index in [0.29, 0.717) is 18.9 Å². The molecule has 0 bridgehead atoms. The molecule has 1 aromatic heterocycles. The summed E-state index contributed by atoms with van der Waals surface area (Å²) in [7, 11) is -1.96. The molecule has 0 aliphatic carbocycles. The van der Waals surface area contributed by atoms with Crippen LogP contribution in [0.4, 0.5) is 5.95 Å². The van der Waals surface area contributed by atoms with Gasteiger partial charge in [-0.3, -0.25) is 0 Å². The number of β-amino-alcohol motifs (C(OH)–C–C–N with tert-alkyl or cyclic N) is 1. The van der Waals surface area contributed by atoms with E-state index in [1.807, 2.05) is 6.92 Å². The van der Waals surface area contributed by atoms with Crippen LogP contribution in [0.1, 0.15) is 13.3 Å². The number of hydrogen-bond acceptors (Lipinski definition) is 6. The fourth-order valence-electron chi connectivity index (χ4n) is 1.97. The molecule has 1 aromatic rings. The zero-order valence-electron chi connectivity index (χ0n) is 10.9. The maximum absolute atomic E-state index is 12.4. The lowest BCUT2D eigenvalue weighted by atomic mass is 9.98. The van der Waals surface area contributed by atoms with Gasteiger partial charge in [0.1, 0.15) is 4.90 Å². The van der Waals surface area contributed by atoms with Crippen molar-refractivity contribution in [2.24, 2.45) is 5.92 Å². The second-order valence-corrected chi connectivity index (χ2v) is 6.63. The molecule has 0 spiro atoms. The lowest BCUT2D eigenvalue weighted by molar-refractivity contribution is 0.0605. The Bertz CT molecular complexity index is 531. The smallest absolute Gasteiger partial charge is 0.246 e. The van der Waals surface area contributed by atoms with Crippen molar-refractivity contribution < 1.29 is 13.5 Å². The lowest BCUT2D eigenvalue weighted by Crippen LogP contribution is -2.45. The van der Waals surface area contributed by atoms with E-state index in [0.717, 1.165) is 0 Å². The van der Waals surface area contributed by atoms with Crippen LogP contribution in [-0.2, 0) is 10.0 Å². The van der Waals surface area contributed by atoms with Gasteiger partial charge in [0, 0.05) is 20.1 Å². The Balaban J connectivity index is 2.21. The molecule has 1 fully saturated rings. The molecule has 1 aliphatic rings. The number of aliphatic hydroxyl groups is 1. The van der Waals surface area contributed by atoms with Gasteiger partial charge in [-0.2, -0.15) is 4.31 Å². The molecule has 106 valence electrons. The number of nitrogens with one attached hydrogen (secondary N) is 1. The van der Waals surface area contributed by atoms with Gasteiger partial charge in [0.05, 0.1) is 18.5 Å². The summed E-state index contributed by atoms with van der Waals surface area (Å²) in [6.45, 7) is 2.45. The molecule has 7 nitrogen and oxygen atoms in total. The van der Waals surface area contributed by atoms with Crippen LogP contribution in [0.2, 0.25) is 0 Å². The van der Waals surface area contributed by atoms with Crippen LogP contribution in [0.3, 0.4) is 0 Å². The Labute approximate surface area is 112 Å². The van der Waals surface area contributed by atoms with E-state index in [-0.39, 0.29) is 17.4 Å². The molecule has 2 heterocycles. The molecule has 19 heavy (non-hydrogen) atoms. The highest BCUT2D eigenvalue weighted by atomic mass is 32.2. The van der Waals surface area contributed by atoms with E-state index in [1.165, 1.54) is 16.7 Å². The largest absolute Gasteiger partial charge is 0.391 e. The molecule has 1 saturated heterocycles. The Kier molecular flexibility index (Phi) is 4.02. The fraction of sp³-hybridized carbons (Fsp3) is 0.636. The number of aromatic nitrogens is 2. The number of piperidine rings is 1. The van der Waals surface area contributed by atoms with E-state index in [2.05, 4.69) is 15.3 Å². The van der Waals surface area contributed by atoms with Crippen LogP contribution in [0, 0.1) is 5.92 Å². The van der Waals surface area contributed by atoms with Crippen LogP contribution >= 0.6 is 0 Å². The number of rotatable bonds is 3. The van der Waals surface area contributed by atoms with Crippen molar-refractivity contribution in [2.45, 2.75) is 24.3 Å². The average molecular weight is 286 g/mol. The first kappa shape index (κ1) is 14.2. The highest BCUT2D eigenvalue weighted by molar-refractivity contribution is 7.89. The summed E-state index contributed by atoms with van der Waals surface area (Å²) in [4.78, 5) is 7.85. The van der Waals surface area contributed by atoms with Crippen LogP contribution < -0.4 is 5.32 Å². The monoisotopic (exact) mass is 286 g/mol. The number of anilines is 1. The molecule has 0 saturated carbocycles. The molecule has 2 unspecified atom stereocenters. The Morgan fingerprint density at radius 1 is 1.42 bits per heavy atom. The maximum atomic E-state index is 12.4. The van der Waals surface area contributed by atoms with Gasteiger partial charge < -0.3 is 10.4 Å². The SMILES string of the molecule is CNc1ncc(S(=O)(=O)N2CCC(C)C(O)C2)cn1. The van der Waals surface area contributed by atoms with Crippen molar-refractivity contribution in [3.63, 3.8) is 0 Å². The van der Waals surface area contributed by atoms with Crippen LogP contribution in [0.25, 0.3) is 0 Å². The highest BCUT2D eigenvalue weighted by Crippen LogP contribution is 2.23. The maximum Gasteiger partial charge on any atom is 0.246 e. The second-order valence-electron chi connectivity index (χ2n) is 4.69. The Morgan fingerprint density at radius 2 is 2.05 bits per heavy atom. The third kappa shape index (κ3) is 2.85. The second kappa shape index (κ2) is 5.40. The van der Waals surface area contributed by atoms with Gasteiger partial charge in [-0.15, -0.1) is 0 Å². The van der Waals surface area contributed by atoms with Gasteiger partial charge >= 0.3 is 0 Å². The van der Waals surface area contributed by atoms with Crippen LogP contribution in [-0.4, -0.2) is 54.0 Å². The van der Waals surface area contributed by atoms with Crippen molar-refractivity contribution in [1.29, 1.82) is 0 Å². The predicted octanol–water partition coefficient (Wildman–Crippen LogP) is -0.0903. The molecule has 2 rings (SSSR count). The van der Waals surface area contributed by atoms with Gasteiger partial charge in [0.15, 0.2) is 0 Å². The minimum atomic E-state index is -3.62. The summed E-state index contributed by atoms with van der Waals surface area (Å²) in [6, 6.07) is 0. The molecular weight excluding hydrogens is 268 g/mol. The van der Waals surface area contributed by atoms with Crippen LogP contribution in [0.15, 0.2) is 17.3 Å². The number of sulfonamides is 1. The standard InChI is InChI=1S/C11H18N4O3S/c1-8-3-4-15(7-10(8)16)19(17,18)9-5-13-11(12-2)14-6-9/h5-6,8,10,16H,3-4,7H2,1-2H3,(H,12,13,14). The predicted molar refractivity (Wildman–Crippen MR) is 70.1 cm³/mol. The molecular formula is C11H18N4O3S. The summed E-state index contributed by atoms with van der Waals surface area (Å²) in [5.41, 5.74) is 0. The van der Waals surface area contributed by atoms with E-state index < -0.39 is 16.1 Å². The Hall–Kier alpha value is -1.25. The van der Waals surface area contributed by atoms with Gasteiger partial charge in [-0.1, -0.05) is 6.92 Å². The van der Waals surface area contributed by atoms with Crippen LogP contribution in [0.5, 0.6) is 0 Å². The summed E-state index contributed by atoms with van der Waals surface area (Å²) >= 11 is 0. The van der Waals surface area contributed by atoms with Crippen molar-refractivity contribution in [3.8, 4) is 0 Å². The third-order valence-electron chi connectivity index (χ3n) is 3.37. The molecule has 0 aromatic carbocycles. The Morgan fingerprint density at radius 3 is 2.58 bits per heavy atom. The van der Waals surface area contributed by atoms with Crippen molar-refractivity contribution in [3.05, 3.63) is 12.4 Å². The first-order chi connectivity index (χ1) is 8.95. The first-order valence-corrected chi connectivity index (χ1v) is 7.57. The molecule has 0 amide bonds. The number of aliphatic hydroxyl groups excluding tert-OH is 1. The zero-order chi connectivity index (χ0) is 14.0. The summed E-state index contributed by atoms with van der Waals surface area (Å²) < 4.78 is 26.0. The van der Waals surface area contributed by atoms with Crippen molar-refractivity contribution in [1.82, 2.24) is 14.3 Å². The van der Waals surface area contributed by atoms with E-state index >= 15 is 0 Å². The van der Waals surface area contributed by atoms with E-state index in [1.54, 1.807) is 7.05 Å². The average Bonchev–Trinajstić information content (AvgIpc) is 2.41. The topological polar surface area (TPSA) is 95.4 Å². The van der Waals surface area contributed by atoms with Gasteiger partial charge in [0.25, 0.3) is 0 Å². The minimum Gasteiger partial charge on any atom is -0.391 e. The highest BCUT2D eigenvalue weighted by Gasteiger charge is 2.33. The summed E-state index contributed by atoms with van der Waals surface area (Å²) in [5.74, 6) is 0.487. The van der Waals surface area contributed by atoms with Crippen molar-refractivity contribution in [2.75, 3.05) is 25.5 Å². The minimum absolute atomic E-state index is 0.0493. The molecule has 0 radical (unpaired) electrons. The van der Waals surface area contributed by atoms with Gasteiger partial charge in [-0.25, -0.2) is 18.4 Å². The summed E-state index contributed by atoms with van der Waals surface area (Å²) in [5, 5.41) is 12.5. The van der Waals surface area contributed by atoms with E-state index in [9.17, 15) is 13.5 Å². The number of nitrogens with zero attached hydrogens (tertiary/aromatic N) is 3. The first-order valence-electron chi connectivity index (χ1n) is 6.13. The quantitative estimate of drug-likeness (QED) is 0.806. The normalized spacial score (nSPS) is 25.2. The molecule has 1 aliphatic heterocycles. The molecule has 2 atom stereocenters. The third-order valence-corrected chi connectivity index (χ3v) is 5.19. The summed E-state index contributed by atoms with van der Waals surface area (Å²) in [6.07, 6.45) is 2.58. The van der Waals surface area contributed by atoms with Gasteiger partial charge in [-0.05, 0) is 12.3 Å². The fourth-order valence-corrected chi connectivity index (χ4v) is 3.33.